The highest BCUT2D eigenvalue weighted by molar-refractivity contribution is 5.95. The number of hydrogen-bond acceptors (Lipinski definition) is 17. The smallest absolute Gasteiger partial charge is 0.340 e. The maximum atomic E-state index is 12.8. The lowest BCUT2D eigenvalue weighted by Crippen LogP contribution is -2.34. The Bertz CT molecular complexity index is 2110. The molecule has 4 aromatic rings. The Balaban J connectivity index is 1.37. The Morgan fingerprint density at radius 3 is 1.67 bits per heavy atom. The lowest BCUT2D eigenvalue weighted by Gasteiger charge is -2.29. The fourth-order valence-electron chi connectivity index (χ4n) is 7.31. The van der Waals surface area contributed by atoms with Gasteiger partial charge in [0.15, 0.2) is 0 Å². The molecule has 356 valence electrons. The zero-order valence-electron chi connectivity index (χ0n) is 38.4. The van der Waals surface area contributed by atoms with Gasteiger partial charge in [-0.25, -0.2) is 4.79 Å². The molecule has 0 radical (unpaired) electrons. The van der Waals surface area contributed by atoms with E-state index in [0.29, 0.717) is 123 Å². The number of rotatable bonds is 10. The molecule has 2 bridgehead atoms. The standard InChI is InChI=1S/C48H62N6O12/c1-5-63-48(55)40-35-39(54(56)57)9-10-41(40)50-49-38-8-13-44(47(34-38)66-31-26-58-4)53-18-24-64-45-32-36(2)6-11-42(45)51-14-20-59-27-29-61-22-16-52(17-23-62-30-28-60-21-15-51)43-12-7-37(3)33-46(43)65-25-19-53/h6-13,32-35H,5,14-31H2,1-4H3. The summed E-state index contributed by atoms with van der Waals surface area (Å²) in [4.78, 5) is 30.3. The van der Waals surface area contributed by atoms with Crippen LogP contribution < -0.4 is 28.9 Å². The Hall–Kier alpha value is -6.05. The van der Waals surface area contributed by atoms with Crippen LogP contribution in [0, 0.1) is 24.0 Å². The normalized spacial score (nSPS) is 16.4. The van der Waals surface area contributed by atoms with Gasteiger partial charge in [0.1, 0.15) is 42.8 Å². The van der Waals surface area contributed by atoms with Crippen molar-refractivity contribution in [1.29, 1.82) is 0 Å². The van der Waals surface area contributed by atoms with Crippen LogP contribution >= 0.6 is 0 Å². The van der Waals surface area contributed by atoms with E-state index in [9.17, 15) is 14.9 Å². The van der Waals surface area contributed by atoms with E-state index in [1.807, 2.05) is 32.0 Å². The molecule has 0 saturated carbocycles. The molecule has 18 heteroatoms. The van der Waals surface area contributed by atoms with Crippen molar-refractivity contribution in [2.45, 2.75) is 20.8 Å². The second-order valence-corrected chi connectivity index (χ2v) is 15.4. The first-order valence-electron chi connectivity index (χ1n) is 22.4. The maximum Gasteiger partial charge on any atom is 0.340 e. The molecule has 0 N–H and O–H groups in total. The number of ether oxygens (including phenoxy) is 9. The molecule has 0 atom stereocenters. The topological polar surface area (TPSA) is 178 Å². The highest BCUT2D eigenvalue weighted by Crippen LogP contribution is 2.36. The van der Waals surface area contributed by atoms with Crippen molar-refractivity contribution in [3.05, 3.63) is 99.6 Å². The summed E-state index contributed by atoms with van der Waals surface area (Å²) in [6, 6.07) is 21.6. The van der Waals surface area contributed by atoms with Crippen LogP contribution in [0.25, 0.3) is 0 Å². The van der Waals surface area contributed by atoms with Gasteiger partial charge in [-0.05, 0) is 74.4 Å². The summed E-state index contributed by atoms with van der Waals surface area (Å²) < 4.78 is 54.5. The molecule has 1 fully saturated rings. The zero-order chi connectivity index (χ0) is 46.5. The average Bonchev–Trinajstić information content (AvgIpc) is 3.30. The van der Waals surface area contributed by atoms with Crippen LogP contribution in [0.3, 0.4) is 0 Å². The van der Waals surface area contributed by atoms with E-state index in [1.165, 1.54) is 12.1 Å². The first-order valence-corrected chi connectivity index (χ1v) is 22.4. The van der Waals surface area contributed by atoms with Gasteiger partial charge >= 0.3 is 5.97 Å². The number of nitro groups is 1. The van der Waals surface area contributed by atoms with Crippen molar-refractivity contribution in [3.63, 3.8) is 0 Å². The van der Waals surface area contributed by atoms with Crippen molar-refractivity contribution in [2.75, 3.05) is 147 Å². The summed E-state index contributed by atoms with van der Waals surface area (Å²) in [5.41, 5.74) is 4.91. The van der Waals surface area contributed by atoms with Crippen molar-refractivity contribution >= 4 is 40.1 Å². The van der Waals surface area contributed by atoms with Crippen LogP contribution in [0.1, 0.15) is 28.4 Å². The highest BCUT2D eigenvalue weighted by Gasteiger charge is 2.21. The number of azo groups is 1. The number of hydrogen-bond donors (Lipinski definition) is 0. The molecule has 0 spiro atoms. The molecule has 7 rings (SSSR count). The van der Waals surface area contributed by atoms with Gasteiger partial charge in [-0.15, -0.1) is 5.11 Å². The fourth-order valence-corrected chi connectivity index (χ4v) is 7.31. The van der Waals surface area contributed by atoms with Crippen LogP contribution in [-0.2, 0) is 28.4 Å². The lowest BCUT2D eigenvalue weighted by atomic mass is 10.1. The summed E-state index contributed by atoms with van der Waals surface area (Å²) in [6.45, 7) is 14.2. The van der Waals surface area contributed by atoms with Crippen molar-refractivity contribution < 1.29 is 52.3 Å². The number of benzene rings is 4. The molecule has 0 unspecified atom stereocenters. The van der Waals surface area contributed by atoms with Gasteiger partial charge in [0.05, 0.1) is 112 Å². The summed E-state index contributed by atoms with van der Waals surface area (Å²) in [7, 11) is 1.60. The summed E-state index contributed by atoms with van der Waals surface area (Å²) >= 11 is 0. The Morgan fingerprint density at radius 2 is 1.15 bits per heavy atom. The SMILES string of the molecule is CCOC(=O)c1cc([N+](=O)[O-])ccc1N=Nc1ccc(N2CCOc3cc(C)ccc3N3CCOCCOCCN(CCOCCOCC3)c3ccc(C)cc3OCC2)c(OCCOC)c1. The molecule has 18 nitrogen and oxygen atoms in total. The van der Waals surface area contributed by atoms with Gasteiger partial charge in [0.25, 0.3) is 5.69 Å². The monoisotopic (exact) mass is 914 g/mol. The van der Waals surface area contributed by atoms with Crippen LogP contribution in [-0.4, -0.2) is 143 Å². The molecular formula is C48H62N6O12. The number of anilines is 3. The van der Waals surface area contributed by atoms with E-state index in [0.717, 1.165) is 45.8 Å². The third-order valence-electron chi connectivity index (χ3n) is 10.7. The molecule has 1 saturated heterocycles. The molecule has 0 aliphatic carbocycles. The van der Waals surface area contributed by atoms with Gasteiger partial charge < -0.3 is 57.3 Å². The van der Waals surface area contributed by atoms with E-state index in [1.54, 1.807) is 26.2 Å². The van der Waals surface area contributed by atoms with Gasteiger partial charge in [0, 0.05) is 51.5 Å². The summed E-state index contributed by atoms with van der Waals surface area (Å²) in [5.74, 6) is 1.23. The largest absolute Gasteiger partial charge is 0.490 e. The molecule has 3 heterocycles. The minimum Gasteiger partial charge on any atom is -0.490 e. The Kier molecular flexibility index (Phi) is 19.6. The van der Waals surface area contributed by atoms with Crippen LogP contribution in [0.15, 0.2) is 83.0 Å². The Morgan fingerprint density at radius 1 is 0.636 bits per heavy atom. The number of non-ortho nitro benzene ring substituents is 1. The van der Waals surface area contributed by atoms with E-state index in [2.05, 4.69) is 49.2 Å². The van der Waals surface area contributed by atoms with Gasteiger partial charge in [0.2, 0.25) is 0 Å². The molecule has 3 aliphatic rings. The van der Waals surface area contributed by atoms with E-state index < -0.39 is 10.9 Å². The number of nitrogens with zero attached hydrogens (tertiary/aromatic N) is 6. The molecule has 66 heavy (non-hydrogen) atoms. The quantitative estimate of drug-likeness (QED) is 0.0381. The minimum atomic E-state index is -0.745. The van der Waals surface area contributed by atoms with Crippen molar-refractivity contribution in [2.24, 2.45) is 10.2 Å². The van der Waals surface area contributed by atoms with E-state index in [-0.39, 0.29) is 30.2 Å². The number of carbonyl (C=O) groups excluding carboxylic acids is 1. The number of carbonyl (C=O) groups is 1. The van der Waals surface area contributed by atoms with Crippen LogP contribution in [0.4, 0.5) is 34.1 Å². The van der Waals surface area contributed by atoms with Crippen LogP contribution in [0.5, 0.6) is 17.2 Å². The number of esters is 1. The number of aryl methyl sites for hydroxylation is 2. The minimum absolute atomic E-state index is 0.0743. The maximum absolute atomic E-state index is 12.8. The molecule has 3 aliphatic heterocycles. The summed E-state index contributed by atoms with van der Waals surface area (Å²) in [5, 5.41) is 20.3. The predicted octanol–water partition coefficient (Wildman–Crippen LogP) is 7.50. The number of nitro benzene ring substituents is 1. The van der Waals surface area contributed by atoms with E-state index in [4.69, 9.17) is 42.6 Å². The second-order valence-electron chi connectivity index (χ2n) is 15.4. The lowest BCUT2D eigenvalue weighted by molar-refractivity contribution is -0.384. The van der Waals surface area contributed by atoms with Crippen molar-refractivity contribution in [1.82, 2.24) is 0 Å². The van der Waals surface area contributed by atoms with E-state index >= 15 is 0 Å². The molecular weight excluding hydrogens is 853 g/mol. The van der Waals surface area contributed by atoms with Gasteiger partial charge in [-0.1, -0.05) is 12.1 Å². The third-order valence-corrected chi connectivity index (χ3v) is 10.7. The average molecular weight is 915 g/mol. The highest BCUT2D eigenvalue weighted by atomic mass is 16.6. The first kappa shape index (κ1) is 49.4. The first-order chi connectivity index (χ1) is 32.2. The van der Waals surface area contributed by atoms with Crippen molar-refractivity contribution in [3.8, 4) is 17.2 Å². The van der Waals surface area contributed by atoms with Gasteiger partial charge in [-0.3, -0.25) is 10.1 Å². The third kappa shape index (κ3) is 14.7. The van der Waals surface area contributed by atoms with Gasteiger partial charge in [-0.2, -0.15) is 5.11 Å². The zero-order valence-corrected chi connectivity index (χ0v) is 38.4. The second kappa shape index (κ2) is 26.2. The van der Waals surface area contributed by atoms with Crippen LogP contribution in [0.2, 0.25) is 0 Å². The predicted molar refractivity (Wildman–Crippen MR) is 250 cm³/mol. The number of methoxy groups -OCH3 is 1. The fraction of sp³-hybridized carbons (Fsp3) is 0.479. The molecule has 4 aromatic carbocycles. The Labute approximate surface area is 386 Å². The molecule has 0 aromatic heterocycles. The number of fused-ring (bicyclic) bond motifs is 20. The summed E-state index contributed by atoms with van der Waals surface area (Å²) in [6.07, 6.45) is 0. The molecule has 0 amide bonds.